The SMILES string of the molecule is CCCCCCCCOCCOCCOCCOCCOCCOCCOCCOCCOCCOc1ccc(CCCCCCCC)cc1. The van der Waals surface area contributed by atoms with Crippen molar-refractivity contribution >= 4 is 0 Å². The van der Waals surface area contributed by atoms with Crippen LogP contribution in [0, 0.1) is 0 Å². The van der Waals surface area contributed by atoms with Crippen molar-refractivity contribution in [2.24, 2.45) is 0 Å². The molecule has 0 aromatic heterocycles. The molecule has 0 bridgehead atoms. The average Bonchev–Trinajstić information content (AvgIpc) is 3.13. The largest absolute Gasteiger partial charge is 0.491 e. The maximum absolute atomic E-state index is 5.78. The number of aryl methyl sites for hydroxylation is 1. The van der Waals surface area contributed by atoms with Gasteiger partial charge < -0.3 is 47.4 Å². The van der Waals surface area contributed by atoms with Gasteiger partial charge in [-0.05, 0) is 37.0 Å². The molecular formula is C40H74O10. The zero-order chi connectivity index (χ0) is 35.7. The summed E-state index contributed by atoms with van der Waals surface area (Å²) in [5.74, 6) is 0.890. The van der Waals surface area contributed by atoms with Crippen LogP contribution in [0.2, 0.25) is 0 Å². The molecule has 0 spiro atoms. The van der Waals surface area contributed by atoms with Gasteiger partial charge in [-0.3, -0.25) is 0 Å². The highest BCUT2D eigenvalue weighted by Crippen LogP contribution is 2.15. The highest BCUT2D eigenvalue weighted by molar-refractivity contribution is 5.27. The van der Waals surface area contributed by atoms with Crippen LogP contribution in [0.15, 0.2) is 24.3 Å². The quantitative estimate of drug-likeness (QED) is 0.0635. The number of benzene rings is 1. The molecule has 0 atom stereocenters. The summed E-state index contributed by atoms with van der Waals surface area (Å²) in [4.78, 5) is 0. The fraction of sp³-hybridized carbons (Fsp3) is 0.850. The van der Waals surface area contributed by atoms with Gasteiger partial charge in [-0.15, -0.1) is 0 Å². The molecule has 294 valence electrons. The zero-order valence-electron chi connectivity index (χ0n) is 32.0. The van der Waals surface area contributed by atoms with Gasteiger partial charge in [0.15, 0.2) is 0 Å². The van der Waals surface area contributed by atoms with Crippen molar-refractivity contribution in [1.29, 1.82) is 0 Å². The van der Waals surface area contributed by atoms with Gasteiger partial charge in [0, 0.05) is 6.61 Å². The second-order valence-electron chi connectivity index (χ2n) is 12.3. The van der Waals surface area contributed by atoms with E-state index in [0.29, 0.717) is 119 Å². The molecule has 10 nitrogen and oxygen atoms in total. The minimum absolute atomic E-state index is 0.526. The summed E-state index contributed by atoms with van der Waals surface area (Å²) in [7, 11) is 0. The molecule has 0 aliphatic heterocycles. The highest BCUT2D eigenvalue weighted by atomic mass is 16.6. The summed E-state index contributed by atoms with van der Waals surface area (Å²) in [6, 6.07) is 8.45. The van der Waals surface area contributed by atoms with Crippen molar-refractivity contribution in [3.63, 3.8) is 0 Å². The lowest BCUT2D eigenvalue weighted by molar-refractivity contribution is -0.0254. The molecule has 0 N–H and O–H groups in total. The molecule has 0 unspecified atom stereocenters. The third-order valence-electron chi connectivity index (χ3n) is 7.86. The van der Waals surface area contributed by atoms with Crippen molar-refractivity contribution in [3.8, 4) is 5.75 Å². The summed E-state index contributed by atoms with van der Waals surface area (Å²) >= 11 is 0. The van der Waals surface area contributed by atoms with Crippen LogP contribution in [0.1, 0.15) is 96.5 Å². The van der Waals surface area contributed by atoms with E-state index in [1.165, 1.54) is 76.2 Å². The lowest BCUT2D eigenvalue weighted by Crippen LogP contribution is -2.15. The highest BCUT2D eigenvalue weighted by Gasteiger charge is 1.99. The minimum atomic E-state index is 0.526. The number of ether oxygens (including phenoxy) is 10. The van der Waals surface area contributed by atoms with Crippen LogP contribution in [-0.2, 0) is 49.1 Å². The number of hydrogen-bond donors (Lipinski definition) is 0. The van der Waals surface area contributed by atoms with Crippen molar-refractivity contribution in [3.05, 3.63) is 29.8 Å². The van der Waals surface area contributed by atoms with E-state index in [4.69, 9.17) is 47.4 Å². The van der Waals surface area contributed by atoms with E-state index in [1.807, 2.05) is 0 Å². The zero-order valence-corrected chi connectivity index (χ0v) is 32.0. The molecule has 10 heteroatoms. The molecule has 0 heterocycles. The van der Waals surface area contributed by atoms with E-state index in [9.17, 15) is 0 Å². The van der Waals surface area contributed by atoms with E-state index in [-0.39, 0.29) is 0 Å². The Hall–Kier alpha value is -1.34. The summed E-state index contributed by atoms with van der Waals surface area (Å²) < 4.78 is 55.6. The van der Waals surface area contributed by atoms with Crippen LogP contribution in [0.5, 0.6) is 5.75 Å². The van der Waals surface area contributed by atoms with E-state index in [0.717, 1.165) is 25.2 Å². The molecule has 0 saturated heterocycles. The van der Waals surface area contributed by atoms with Gasteiger partial charge in [-0.1, -0.05) is 90.2 Å². The van der Waals surface area contributed by atoms with Crippen LogP contribution < -0.4 is 4.74 Å². The van der Waals surface area contributed by atoms with Gasteiger partial charge >= 0.3 is 0 Å². The first-order chi connectivity index (χ1) is 24.9. The molecule has 50 heavy (non-hydrogen) atoms. The van der Waals surface area contributed by atoms with Gasteiger partial charge in [-0.2, -0.15) is 0 Å². The second-order valence-corrected chi connectivity index (χ2v) is 12.3. The molecule has 0 aliphatic rings. The Labute approximate surface area is 305 Å². The first-order valence-electron chi connectivity index (χ1n) is 19.8. The normalized spacial score (nSPS) is 11.5. The van der Waals surface area contributed by atoms with E-state index >= 15 is 0 Å². The summed E-state index contributed by atoms with van der Waals surface area (Å²) in [6.07, 6.45) is 16.8. The van der Waals surface area contributed by atoms with Crippen molar-refractivity contribution in [2.75, 3.05) is 126 Å². The third-order valence-corrected chi connectivity index (χ3v) is 7.86. The van der Waals surface area contributed by atoms with Crippen LogP contribution in [0.4, 0.5) is 0 Å². The second kappa shape index (κ2) is 40.4. The van der Waals surface area contributed by atoms with E-state index < -0.39 is 0 Å². The van der Waals surface area contributed by atoms with Gasteiger partial charge in [0.2, 0.25) is 0 Å². The molecular weight excluding hydrogens is 640 g/mol. The summed E-state index contributed by atoms with van der Waals surface area (Å²) in [5.41, 5.74) is 1.38. The monoisotopic (exact) mass is 715 g/mol. The average molecular weight is 715 g/mol. The maximum atomic E-state index is 5.78. The van der Waals surface area contributed by atoms with Gasteiger partial charge in [0.25, 0.3) is 0 Å². The smallest absolute Gasteiger partial charge is 0.119 e. The molecule has 1 aromatic carbocycles. The standard InChI is InChI=1S/C40H74O10/c1-3-5-7-9-11-13-15-39-16-18-40(19-17-39)50-38-37-49-36-35-48-34-33-47-32-31-46-30-29-45-28-27-44-26-25-43-24-23-42-22-21-41-20-14-12-10-8-6-4-2/h16-19H,3-15,20-38H2,1-2H3. The molecule has 0 fully saturated rings. The molecule has 0 radical (unpaired) electrons. The van der Waals surface area contributed by atoms with Gasteiger partial charge in [-0.25, -0.2) is 0 Å². The lowest BCUT2D eigenvalue weighted by atomic mass is 10.0. The molecule has 1 rings (SSSR count). The fourth-order valence-electron chi connectivity index (χ4n) is 4.93. The Morgan fingerprint density at radius 2 is 0.600 bits per heavy atom. The number of hydrogen-bond acceptors (Lipinski definition) is 10. The Morgan fingerprint density at radius 1 is 0.300 bits per heavy atom. The van der Waals surface area contributed by atoms with E-state index in [2.05, 4.69) is 38.1 Å². The van der Waals surface area contributed by atoms with Crippen LogP contribution >= 0.6 is 0 Å². The van der Waals surface area contributed by atoms with Crippen LogP contribution in [0.25, 0.3) is 0 Å². The molecule has 0 aliphatic carbocycles. The topological polar surface area (TPSA) is 92.3 Å². The number of unbranched alkanes of at least 4 members (excludes halogenated alkanes) is 10. The van der Waals surface area contributed by atoms with Crippen molar-refractivity contribution < 1.29 is 47.4 Å². The number of rotatable bonds is 42. The van der Waals surface area contributed by atoms with Crippen molar-refractivity contribution in [2.45, 2.75) is 97.3 Å². The first kappa shape index (κ1) is 46.7. The fourth-order valence-corrected chi connectivity index (χ4v) is 4.93. The predicted molar refractivity (Wildman–Crippen MR) is 200 cm³/mol. The Bertz CT molecular complexity index is 767. The van der Waals surface area contributed by atoms with E-state index in [1.54, 1.807) is 0 Å². The Kier molecular flexibility index (Phi) is 37.7. The molecule has 0 amide bonds. The maximum Gasteiger partial charge on any atom is 0.119 e. The van der Waals surface area contributed by atoms with Gasteiger partial charge in [0.1, 0.15) is 12.4 Å². The Morgan fingerprint density at radius 3 is 0.980 bits per heavy atom. The minimum Gasteiger partial charge on any atom is -0.491 e. The summed E-state index contributed by atoms with van der Waals surface area (Å²) in [5, 5.41) is 0. The third kappa shape index (κ3) is 35.1. The van der Waals surface area contributed by atoms with Crippen molar-refractivity contribution in [1.82, 2.24) is 0 Å². The molecule has 0 saturated carbocycles. The Balaban J connectivity index is 1.68. The lowest BCUT2D eigenvalue weighted by Gasteiger charge is -2.09. The molecule has 1 aromatic rings. The predicted octanol–water partition coefficient (Wildman–Crippen LogP) is 7.48. The van der Waals surface area contributed by atoms with Crippen LogP contribution in [0.3, 0.4) is 0 Å². The summed E-state index contributed by atoms with van der Waals surface area (Å²) in [6.45, 7) is 15.2. The first-order valence-corrected chi connectivity index (χ1v) is 19.8. The van der Waals surface area contributed by atoms with Gasteiger partial charge in [0.05, 0.1) is 112 Å². The van der Waals surface area contributed by atoms with Crippen LogP contribution in [-0.4, -0.2) is 126 Å².